The summed E-state index contributed by atoms with van der Waals surface area (Å²) in [5, 5.41) is 0. The molecule has 0 rings (SSSR count). The van der Waals surface area contributed by atoms with E-state index in [1.54, 1.807) is 0 Å². The quantitative estimate of drug-likeness (QED) is 0.102. The predicted octanol–water partition coefficient (Wildman–Crippen LogP) is 4.60. The first-order valence-electron chi connectivity index (χ1n) is 15.5. The van der Waals surface area contributed by atoms with E-state index in [0.717, 1.165) is 26.2 Å². The first kappa shape index (κ1) is 38.6. The molecule has 0 radical (unpaired) electrons. The maximum Gasteiger partial charge on any atom is 0.0701 e. The Balaban J connectivity index is 3.02. The Labute approximate surface area is 240 Å². The van der Waals surface area contributed by atoms with Gasteiger partial charge in [0.05, 0.1) is 99.1 Å². The highest BCUT2D eigenvalue weighted by atomic mass is 16.6. The second kappa shape index (κ2) is 35.7. The minimum Gasteiger partial charge on any atom is -0.379 e. The van der Waals surface area contributed by atoms with Crippen LogP contribution >= 0.6 is 0 Å². The van der Waals surface area contributed by atoms with Gasteiger partial charge in [-0.25, -0.2) is 0 Å². The van der Waals surface area contributed by atoms with Gasteiger partial charge in [0.2, 0.25) is 0 Å². The average molecular weight is 566 g/mol. The van der Waals surface area contributed by atoms with Crippen LogP contribution in [0.3, 0.4) is 0 Å². The molecule has 0 atom stereocenters. The fourth-order valence-corrected chi connectivity index (χ4v) is 3.58. The highest BCUT2D eigenvalue weighted by Gasteiger charge is 1.96. The van der Waals surface area contributed by atoms with Crippen LogP contribution in [0.2, 0.25) is 0 Å². The molecular weight excluding hydrogens is 502 g/mol. The van der Waals surface area contributed by atoms with Gasteiger partial charge in [-0.3, -0.25) is 0 Å². The predicted molar refractivity (Wildman–Crippen MR) is 157 cm³/mol. The third-order valence-corrected chi connectivity index (χ3v) is 5.93. The average Bonchev–Trinajstić information content (AvgIpc) is 2.93. The van der Waals surface area contributed by atoms with Crippen LogP contribution in [-0.2, 0) is 37.9 Å². The Kier molecular flexibility index (Phi) is 35.3. The topological polar surface area (TPSA) is 77.1 Å². The van der Waals surface area contributed by atoms with Gasteiger partial charge in [0.1, 0.15) is 0 Å². The molecule has 0 N–H and O–H groups in total. The Morgan fingerprint density at radius 2 is 0.564 bits per heavy atom. The smallest absolute Gasteiger partial charge is 0.0701 e. The second-order valence-corrected chi connectivity index (χ2v) is 9.88. The van der Waals surface area contributed by atoms with Crippen molar-refractivity contribution < 1.29 is 37.9 Å². The molecule has 0 bridgehead atoms. The summed E-state index contributed by atoms with van der Waals surface area (Å²) in [7, 11) is 4.05. The molecule has 0 saturated carbocycles. The van der Waals surface area contributed by atoms with Crippen molar-refractivity contribution >= 4 is 0 Å². The van der Waals surface area contributed by atoms with Crippen molar-refractivity contribution in [3.63, 3.8) is 0 Å². The van der Waals surface area contributed by atoms with Crippen molar-refractivity contribution in [2.24, 2.45) is 0 Å². The third-order valence-electron chi connectivity index (χ3n) is 5.93. The summed E-state index contributed by atoms with van der Waals surface area (Å²) in [5.74, 6) is 0. The number of unbranched alkanes of at least 4 members (excludes halogenated alkanes) is 9. The zero-order valence-corrected chi connectivity index (χ0v) is 25.8. The van der Waals surface area contributed by atoms with E-state index in [1.807, 2.05) is 14.1 Å². The molecule has 9 heteroatoms. The largest absolute Gasteiger partial charge is 0.379 e. The number of hydrogen-bond donors (Lipinski definition) is 0. The number of rotatable bonds is 35. The third kappa shape index (κ3) is 37.6. The molecule has 9 nitrogen and oxygen atoms in total. The van der Waals surface area contributed by atoms with Crippen LogP contribution in [0, 0.1) is 0 Å². The summed E-state index contributed by atoms with van der Waals surface area (Å²) in [4.78, 5) is 2.09. The fraction of sp³-hybridized carbons (Fsp3) is 1.00. The molecule has 39 heavy (non-hydrogen) atoms. The van der Waals surface area contributed by atoms with E-state index >= 15 is 0 Å². The van der Waals surface area contributed by atoms with E-state index in [2.05, 4.69) is 11.8 Å². The number of ether oxygens (including phenoxy) is 8. The van der Waals surface area contributed by atoms with Crippen molar-refractivity contribution in [3.05, 3.63) is 0 Å². The Morgan fingerprint density at radius 1 is 0.308 bits per heavy atom. The van der Waals surface area contributed by atoms with E-state index in [4.69, 9.17) is 37.9 Å². The Morgan fingerprint density at radius 3 is 0.872 bits per heavy atom. The molecular formula is C30H63NO8. The molecule has 0 aliphatic heterocycles. The van der Waals surface area contributed by atoms with Gasteiger partial charge in [-0.2, -0.15) is 0 Å². The summed E-state index contributed by atoms with van der Waals surface area (Å²) in [6, 6.07) is 0. The Hall–Kier alpha value is -0.360. The number of likely N-dealkylation sites (N-methyl/N-ethyl adjacent to an activating group) is 1. The molecule has 0 amide bonds. The lowest BCUT2D eigenvalue weighted by atomic mass is 10.1. The number of hydrogen-bond acceptors (Lipinski definition) is 9. The lowest BCUT2D eigenvalue weighted by Gasteiger charge is -2.10. The highest BCUT2D eigenvalue weighted by molar-refractivity contribution is 4.47. The minimum absolute atomic E-state index is 0.548. The molecule has 0 saturated heterocycles. The van der Waals surface area contributed by atoms with Gasteiger partial charge in [0.15, 0.2) is 0 Å². The van der Waals surface area contributed by atoms with Gasteiger partial charge < -0.3 is 42.8 Å². The molecule has 0 aliphatic carbocycles. The second-order valence-electron chi connectivity index (χ2n) is 9.88. The van der Waals surface area contributed by atoms with E-state index in [0.29, 0.717) is 92.5 Å². The maximum absolute atomic E-state index is 5.64. The first-order chi connectivity index (χ1) is 19.3. The molecule has 0 fully saturated rings. The minimum atomic E-state index is 0.548. The fourth-order valence-electron chi connectivity index (χ4n) is 3.58. The van der Waals surface area contributed by atoms with Crippen LogP contribution in [0.5, 0.6) is 0 Å². The molecule has 236 valence electrons. The zero-order valence-electron chi connectivity index (χ0n) is 25.8. The SMILES string of the molecule is CCCCCCCCCCCCOCCOCCOCCOCCOCCOCCOCCOCCN(C)C. The lowest BCUT2D eigenvalue weighted by Crippen LogP contribution is -2.19. The van der Waals surface area contributed by atoms with Crippen LogP contribution < -0.4 is 0 Å². The molecule has 0 aromatic heterocycles. The summed E-state index contributed by atoms with van der Waals surface area (Å²) < 4.78 is 44.0. The van der Waals surface area contributed by atoms with Crippen LogP contribution in [0.25, 0.3) is 0 Å². The van der Waals surface area contributed by atoms with Gasteiger partial charge in [-0.1, -0.05) is 64.7 Å². The van der Waals surface area contributed by atoms with Crippen molar-refractivity contribution in [2.75, 3.05) is 126 Å². The molecule has 0 heterocycles. The monoisotopic (exact) mass is 565 g/mol. The zero-order chi connectivity index (χ0) is 28.3. The molecule has 0 aromatic rings. The van der Waals surface area contributed by atoms with Gasteiger partial charge in [-0.15, -0.1) is 0 Å². The van der Waals surface area contributed by atoms with Crippen molar-refractivity contribution in [2.45, 2.75) is 71.1 Å². The van der Waals surface area contributed by atoms with E-state index in [1.165, 1.54) is 57.8 Å². The van der Waals surface area contributed by atoms with Gasteiger partial charge in [-0.05, 0) is 20.5 Å². The van der Waals surface area contributed by atoms with Crippen LogP contribution in [0.4, 0.5) is 0 Å². The van der Waals surface area contributed by atoms with Gasteiger partial charge in [0.25, 0.3) is 0 Å². The highest BCUT2D eigenvalue weighted by Crippen LogP contribution is 2.10. The normalized spacial score (nSPS) is 11.7. The summed E-state index contributed by atoms with van der Waals surface area (Å²) in [6.07, 6.45) is 13.5. The van der Waals surface area contributed by atoms with Crippen molar-refractivity contribution in [3.8, 4) is 0 Å². The van der Waals surface area contributed by atoms with Crippen LogP contribution in [0.1, 0.15) is 71.1 Å². The summed E-state index contributed by atoms with van der Waals surface area (Å²) >= 11 is 0. The van der Waals surface area contributed by atoms with Gasteiger partial charge >= 0.3 is 0 Å². The van der Waals surface area contributed by atoms with Gasteiger partial charge in [0, 0.05) is 13.2 Å². The molecule has 0 unspecified atom stereocenters. The number of nitrogens with zero attached hydrogens (tertiary/aromatic N) is 1. The van der Waals surface area contributed by atoms with Crippen molar-refractivity contribution in [1.82, 2.24) is 4.90 Å². The van der Waals surface area contributed by atoms with Crippen LogP contribution in [-0.4, -0.2) is 131 Å². The summed E-state index contributed by atoms with van der Waals surface area (Å²) in [5.41, 5.74) is 0. The van der Waals surface area contributed by atoms with E-state index < -0.39 is 0 Å². The summed E-state index contributed by atoms with van der Waals surface area (Å²) in [6.45, 7) is 12.8. The van der Waals surface area contributed by atoms with Crippen molar-refractivity contribution in [1.29, 1.82) is 0 Å². The lowest BCUT2D eigenvalue weighted by molar-refractivity contribution is -0.0233. The maximum atomic E-state index is 5.64. The van der Waals surface area contributed by atoms with E-state index in [9.17, 15) is 0 Å². The molecule has 0 aromatic carbocycles. The molecule has 0 spiro atoms. The molecule has 0 aliphatic rings. The Bertz CT molecular complexity index is 432. The van der Waals surface area contributed by atoms with E-state index in [-0.39, 0.29) is 0 Å². The first-order valence-corrected chi connectivity index (χ1v) is 15.5. The standard InChI is InChI=1S/C30H63NO8/c1-4-5-6-7-8-9-10-11-12-13-15-32-17-19-34-21-23-36-25-27-38-29-30-39-28-26-37-24-22-35-20-18-33-16-14-31(2)3/h4-30H2,1-3H3. The van der Waals surface area contributed by atoms with Crippen LogP contribution in [0.15, 0.2) is 0 Å².